The molecule has 0 amide bonds. The fraction of sp³-hybridized carbons (Fsp3) is 0.560. The molecule has 5 rings (SSSR count). The molecule has 4 aliphatic rings. The molecule has 166 valence electrons. The summed E-state index contributed by atoms with van der Waals surface area (Å²) in [4.78, 5) is 17.6. The van der Waals surface area contributed by atoms with Gasteiger partial charge in [-0.25, -0.2) is 0 Å². The summed E-state index contributed by atoms with van der Waals surface area (Å²) in [7, 11) is 0. The Morgan fingerprint density at radius 3 is 2.68 bits per heavy atom. The molecule has 0 saturated carbocycles. The number of carbonyl (C=O) groups excluding carboxylic acids is 1. The van der Waals surface area contributed by atoms with Gasteiger partial charge in [-0.1, -0.05) is 47.9 Å². The highest BCUT2D eigenvalue weighted by atomic mass is 35.5. The van der Waals surface area contributed by atoms with Crippen molar-refractivity contribution in [2.75, 3.05) is 37.6 Å². The van der Waals surface area contributed by atoms with Crippen molar-refractivity contribution in [1.82, 2.24) is 4.90 Å². The molecule has 0 bridgehead atoms. The number of ether oxygens (including phenoxy) is 1. The van der Waals surface area contributed by atoms with Crippen molar-refractivity contribution in [3.63, 3.8) is 0 Å². The summed E-state index contributed by atoms with van der Waals surface area (Å²) in [5.74, 6) is 0.126. The maximum atomic E-state index is 12.8. The molecule has 0 N–H and O–H groups in total. The predicted octanol–water partition coefficient (Wildman–Crippen LogP) is 5.35. The summed E-state index contributed by atoms with van der Waals surface area (Å²) in [6, 6.07) is 5.81. The lowest BCUT2D eigenvalue weighted by molar-refractivity contribution is -0.145. The lowest BCUT2D eigenvalue weighted by atomic mass is 9.62. The zero-order chi connectivity index (χ0) is 21.8. The Kier molecular flexibility index (Phi) is 5.60. The summed E-state index contributed by atoms with van der Waals surface area (Å²) >= 11 is 12.3. The Bertz CT molecular complexity index is 951. The van der Waals surface area contributed by atoms with Crippen LogP contribution >= 0.6 is 23.2 Å². The van der Waals surface area contributed by atoms with Crippen molar-refractivity contribution in [2.24, 2.45) is 17.3 Å². The van der Waals surface area contributed by atoms with Crippen molar-refractivity contribution in [3.05, 3.63) is 51.5 Å². The van der Waals surface area contributed by atoms with Crippen LogP contribution in [0.25, 0.3) is 0 Å². The first-order valence-electron chi connectivity index (χ1n) is 11.4. The minimum absolute atomic E-state index is 0.0114. The smallest absolute Gasteiger partial charge is 0.311 e. The van der Waals surface area contributed by atoms with E-state index in [0.29, 0.717) is 10.0 Å². The van der Waals surface area contributed by atoms with Crippen molar-refractivity contribution < 1.29 is 9.53 Å². The van der Waals surface area contributed by atoms with Crippen LogP contribution in [-0.4, -0.2) is 49.7 Å². The lowest BCUT2D eigenvalue weighted by Crippen LogP contribution is -2.49. The van der Waals surface area contributed by atoms with Crippen LogP contribution in [0.1, 0.15) is 33.1 Å². The van der Waals surface area contributed by atoms with Gasteiger partial charge in [0.25, 0.3) is 0 Å². The molecule has 0 spiro atoms. The molecule has 1 aromatic rings. The van der Waals surface area contributed by atoms with Crippen LogP contribution in [-0.2, 0) is 9.53 Å². The molecular formula is C25H30Cl2N2O2. The molecule has 2 aliphatic carbocycles. The second kappa shape index (κ2) is 8.13. The molecule has 1 aromatic carbocycles. The monoisotopic (exact) mass is 460 g/mol. The fourth-order valence-corrected chi connectivity index (χ4v) is 6.28. The van der Waals surface area contributed by atoms with Gasteiger partial charge in [-0.3, -0.25) is 9.69 Å². The fourth-order valence-electron chi connectivity index (χ4n) is 5.99. The van der Waals surface area contributed by atoms with Crippen molar-refractivity contribution in [3.8, 4) is 0 Å². The van der Waals surface area contributed by atoms with Crippen molar-refractivity contribution >= 4 is 34.9 Å². The zero-order valence-corrected chi connectivity index (χ0v) is 19.8. The number of nitrogens with zero attached hydrogens (tertiary/aromatic N) is 2. The molecule has 0 unspecified atom stereocenters. The number of carbonyl (C=O) groups is 1. The van der Waals surface area contributed by atoms with E-state index in [1.54, 1.807) is 0 Å². The molecule has 0 radical (unpaired) electrons. The van der Waals surface area contributed by atoms with Gasteiger partial charge >= 0.3 is 5.97 Å². The molecule has 4 nitrogen and oxygen atoms in total. The van der Waals surface area contributed by atoms with Gasteiger partial charge < -0.3 is 9.64 Å². The summed E-state index contributed by atoms with van der Waals surface area (Å²) in [5.41, 5.74) is 4.10. The SMILES string of the molecule is CC1=CCC[C@]2(C)C[C@H]3OC(=O)[C@@H](CN4CCN(c5ccc(Cl)c(Cl)c5)CC4)[C@H]3C=C12. The maximum Gasteiger partial charge on any atom is 0.311 e. The number of hydrogen-bond acceptors (Lipinski definition) is 4. The van der Waals surface area contributed by atoms with E-state index in [1.165, 1.54) is 11.1 Å². The van der Waals surface area contributed by atoms with Gasteiger partial charge in [-0.2, -0.15) is 0 Å². The van der Waals surface area contributed by atoms with E-state index in [-0.39, 0.29) is 29.3 Å². The van der Waals surface area contributed by atoms with Gasteiger partial charge in [0.2, 0.25) is 0 Å². The maximum absolute atomic E-state index is 12.8. The summed E-state index contributed by atoms with van der Waals surface area (Å²) < 4.78 is 5.92. The Morgan fingerprint density at radius 2 is 1.94 bits per heavy atom. The average Bonchev–Trinajstić information content (AvgIpc) is 3.03. The van der Waals surface area contributed by atoms with Gasteiger partial charge in [0, 0.05) is 44.3 Å². The van der Waals surface area contributed by atoms with Gasteiger partial charge in [-0.15, -0.1) is 0 Å². The number of esters is 1. The van der Waals surface area contributed by atoms with E-state index < -0.39 is 0 Å². The Labute approximate surface area is 194 Å². The normalized spacial score (nSPS) is 33.4. The standard InChI is InChI=1S/C25H30Cl2N2O2/c1-16-4-3-7-25(2)14-23-18(13-20(16)25)19(24(30)31-23)15-28-8-10-29(11-9-28)17-5-6-21(26)22(27)12-17/h4-6,12-13,18-19,23H,3,7-11,14-15H2,1-2H3/t18-,19+,23-,25-/m1/s1. The molecule has 2 saturated heterocycles. The molecular weight excluding hydrogens is 431 g/mol. The Balaban J connectivity index is 1.26. The number of anilines is 1. The first-order valence-corrected chi connectivity index (χ1v) is 12.1. The number of benzene rings is 1. The average molecular weight is 461 g/mol. The third kappa shape index (κ3) is 3.92. The van der Waals surface area contributed by atoms with Gasteiger partial charge in [-0.05, 0) is 55.4 Å². The minimum atomic E-state index is -0.0618. The number of hydrogen-bond donors (Lipinski definition) is 0. The van der Waals surface area contributed by atoms with E-state index >= 15 is 0 Å². The van der Waals surface area contributed by atoms with Crippen LogP contribution in [0.2, 0.25) is 10.0 Å². The summed E-state index contributed by atoms with van der Waals surface area (Å²) in [5, 5.41) is 1.17. The van der Waals surface area contributed by atoms with E-state index in [1.807, 2.05) is 18.2 Å². The highest BCUT2D eigenvalue weighted by Crippen LogP contribution is 2.52. The molecule has 31 heavy (non-hydrogen) atoms. The second-order valence-corrected chi connectivity index (χ2v) is 10.6. The van der Waals surface area contributed by atoms with Gasteiger partial charge in [0.1, 0.15) is 6.10 Å². The largest absolute Gasteiger partial charge is 0.461 e. The highest BCUT2D eigenvalue weighted by Gasteiger charge is 2.51. The van der Waals surface area contributed by atoms with Crippen LogP contribution in [0.4, 0.5) is 5.69 Å². The van der Waals surface area contributed by atoms with Crippen molar-refractivity contribution in [1.29, 1.82) is 0 Å². The third-order valence-electron chi connectivity index (χ3n) is 7.79. The number of rotatable bonds is 3. The topological polar surface area (TPSA) is 32.8 Å². The molecule has 2 heterocycles. The summed E-state index contributed by atoms with van der Waals surface area (Å²) in [6.07, 6.45) is 8.01. The number of fused-ring (bicyclic) bond motifs is 2. The Morgan fingerprint density at radius 1 is 1.16 bits per heavy atom. The van der Waals surface area contributed by atoms with Crippen LogP contribution in [0.3, 0.4) is 0 Å². The molecule has 4 atom stereocenters. The van der Waals surface area contributed by atoms with E-state index in [0.717, 1.165) is 57.7 Å². The molecule has 6 heteroatoms. The van der Waals surface area contributed by atoms with Crippen LogP contribution in [0.15, 0.2) is 41.5 Å². The van der Waals surface area contributed by atoms with Crippen molar-refractivity contribution in [2.45, 2.75) is 39.2 Å². The first kappa shape index (κ1) is 21.4. The second-order valence-electron chi connectivity index (χ2n) is 9.82. The van der Waals surface area contributed by atoms with Crippen LogP contribution < -0.4 is 4.90 Å². The van der Waals surface area contributed by atoms with Crippen LogP contribution in [0.5, 0.6) is 0 Å². The quantitative estimate of drug-likeness (QED) is 0.569. The number of piperazine rings is 1. The summed E-state index contributed by atoms with van der Waals surface area (Å²) in [6.45, 7) is 9.01. The van der Waals surface area contributed by atoms with E-state index in [9.17, 15) is 4.79 Å². The van der Waals surface area contributed by atoms with Gasteiger partial charge in [0.15, 0.2) is 0 Å². The number of halogens is 2. The third-order valence-corrected chi connectivity index (χ3v) is 8.53. The Hall–Kier alpha value is -1.49. The highest BCUT2D eigenvalue weighted by molar-refractivity contribution is 6.42. The molecule has 0 aromatic heterocycles. The number of allylic oxidation sites excluding steroid dienone is 3. The minimum Gasteiger partial charge on any atom is -0.461 e. The van der Waals surface area contributed by atoms with E-state index in [4.69, 9.17) is 27.9 Å². The zero-order valence-electron chi connectivity index (χ0n) is 18.2. The lowest BCUT2D eigenvalue weighted by Gasteiger charge is -2.43. The van der Waals surface area contributed by atoms with Crippen LogP contribution in [0, 0.1) is 17.3 Å². The van der Waals surface area contributed by atoms with E-state index in [2.05, 4.69) is 35.8 Å². The molecule has 2 aliphatic heterocycles. The van der Waals surface area contributed by atoms with Gasteiger partial charge in [0.05, 0.1) is 16.0 Å². The first-order chi connectivity index (χ1) is 14.8. The molecule has 2 fully saturated rings. The predicted molar refractivity (Wildman–Crippen MR) is 126 cm³/mol.